The number of imide groups is 1. The van der Waals surface area contributed by atoms with E-state index in [-0.39, 0.29) is 76.4 Å². The number of thioether (sulfide) groups is 1. The van der Waals surface area contributed by atoms with Crippen LogP contribution in [0.2, 0.25) is 0 Å². The maximum absolute atomic E-state index is 13.3. The first kappa shape index (κ1) is 51.1. The lowest BCUT2D eigenvalue weighted by Gasteiger charge is -2.20. The van der Waals surface area contributed by atoms with Gasteiger partial charge < -0.3 is 24.5 Å². The standard InChI is InChI=1S/C48H46N5O17PS/c1-25-23-52(48(64)49-44(25)59)42-21-35(56)38(70-42)24-68-71(65,66-2)67-16-17-72-39-22-41(58)53(46(39)61)28-9-6-26(7-10-28)4-3-5-40(57)50-51-45(60)27-8-13-31(47(62)63)34(18-27)43-32-14-11-29(54)19-36(32)69-37-20-30(55)12-15-33(37)43/h6-15,18-20,23,35,38-39,42,54,56H,3-5,16-17,21-22,24H2,1-2H3,(H,50,57)(H,51,60)(H,62,63)(H,49,59,64)/t35-,38-,39?,42-,71?/m1/s1. The molecule has 2 saturated heterocycles. The summed E-state index contributed by atoms with van der Waals surface area (Å²) < 4.78 is 41.7. The van der Waals surface area contributed by atoms with E-state index in [1.165, 1.54) is 67.7 Å². The lowest BCUT2D eigenvalue weighted by atomic mass is 9.89. The molecule has 1 aromatic heterocycles. The summed E-state index contributed by atoms with van der Waals surface area (Å²) in [6.07, 6.45) is -1.03. The summed E-state index contributed by atoms with van der Waals surface area (Å²) in [6, 6.07) is 18.8. The number of fused-ring (bicyclic) bond motifs is 2. The number of carbonyl (C=O) groups is 5. The van der Waals surface area contributed by atoms with Crippen LogP contribution in [0.4, 0.5) is 5.69 Å². The average molecular weight is 1030 g/mol. The first-order valence-corrected chi connectivity index (χ1v) is 24.8. The number of ether oxygens (including phenoxy) is 1. The van der Waals surface area contributed by atoms with Crippen LogP contribution in [0.15, 0.2) is 104 Å². The first-order chi connectivity index (χ1) is 34.4. The number of phosphoric ester groups is 1. The molecule has 22 nitrogen and oxygen atoms in total. The summed E-state index contributed by atoms with van der Waals surface area (Å²) in [4.78, 5) is 104. The molecule has 5 atom stereocenters. The van der Waals surface area contributed by atoms with E-state index in [1.54, 1.807) is 24.3 Å². The highest BCUT2D eigenvalue weighted by Gasteiger charge is 2.41. The van der Waals surface area contributed by atoms with E-state index in [1.807, 2.05) is 0 Å². The van der Waals surface area contributed by atoms with Gasteiger partial charge in [-0.15, -0.1) is 11.8 Å². The third-order valence-corrected chi connectivity index (χ3v) is 14.5. The molecular formula is C48H46N5O17PS. The molecule has 8 rings (SSSR count). The number of phenolic OH excluding ortho intramolecular Hbond substituents is 1. The number of rotatable bonds is 18. The van der Waals surface area contributed by atoms with Gasteiger partial charge >= 0.3 is 19.5 Å². The minimum atomic E-state index is -4.16. The molecule has 0 bridgehead atoms. The van der Waals surface area contributed by atoms with Gasteiger partial charge in [-0.2, -0.15) is 0 Å². The number of hydrazine groups is 1. The topological polar surface area (TPSA) is 312 Å². The molecule has 0 saturated carbocycles. The van der Waals surface area contributed by atoms with Gasteiger partial charge in [0, 0.05) is 78.1 Å². The fraction of sp³-hybridized carbons (Fsp3) is 0.292. The third kappa shape index (κ3) is 11.3. The van der Waals surface area contributed by atoms with Gasteiger partial charge in [0.1, 0.15) is 29.4 Å². The fourth-order valence-electron chi connectivity index (χ4n) is 8.24. The number of phosphoric acid groups is 1. The highest BCUT2D eigenvalue weighted by Crippen LogP contribution is 2.49. The van der Waals surface area contributed by atoms with E-state index in [0.717, 1.165) is 33.9 Å². The highest BCUT2D eigenvalue weighted by molar-refractivity contribution is 8.00. The molecule has 72 heavy (non-hydrogen) atoms. The van der Waals surface area contributed by atoms with Crippen molar-refractivity contribution in [3.05, 3.63) is 138 Å². The summed E-state index contributed by atoms with van der Waals surface area (Å²) in [6.45, 7) is 0.896. The van der Waals surface area contributed by atoms with Crippen LogP contribution in [0.3, 0.4) is 0 Å². The van der Waals surface area contributed by atoms with E-state index in [4.69, 9.17) is 22.7 Å². The quantitative estimate of drug-likeness (QED) is 0.0228. The first-order valence-electron chi connectivity index (χ1n) is 22.3. The Morgan fingerprint density at radius 2 is 1.72 bits per heavy atom. The lowest BCUT2D eigenvalue weighted by Crippen LogP contribution is -2.41. The second-order valence-electron chi connectivity index (χ2n) is 16.7. The number of H-pyrrole nitrogens is 1. The van der Waals surface area contributed by atoms with Gasteiger partial charge in [-0.3, -0.25) is 62.7 Å². The number of benzene rings is 4. The summed E-state index contributed by atoms with van der Waals surface area (Å²) in [5.74, 6) is -3.27. The lowest BCUT2D eigenvalue weighted by molar-refractivity contribution is -0.122. The summed E-state index contributed by atoms with van der Waals surface area (Å²) in [5.41, 5.74) is 5.39. The van der Waals surface area contributed by atoms with E-state index >= 15 is 0 Å². The molecule has 0 spiro atoms. The van der Waals surface area contributed by atoms with Crippen molar-refractivity contribution < 1.29 is 66.6 Å². The Balaban J connectivity index is 0.788. The molecule has 4 amide bonds. The maximum Gasteiger partial charge on any atom is 0.474 e. The molecule has 4 heterocycles. The number of hydrogen-bond donors (Lipinski definition) is 6. The van der Waals surface area contributed by atoms with E-state index in [0.29, 0.717) is 35.0 Å². The molecule has 3 aromatic carbocycles. The van der Waals surface area contributed by atoms with Gasteiger partial charge in [-0.05, 0) is 85.5 Å². The minimum Gasteiger partial charge on any atom is -0.508 e. The number of aromatic carboxylic acids is 1. The van der Waals surface area contributed by atoms with Crippen LogP contribution in [0.5, 0.6) is 5.75 Å². The number of nitrogens with one attached hydrogen (secondary N) is 3. The normalized spacial score (nSPS) is 18.7. The Morgan fingerprint density at radius 3 is 2.47 bits per heavy atom. The number of aromatic nitrogens is 2. The monoisotopic (exact) mass is 1030 g/mol. The van der Waals surface area contributed by atoms with Crippen LogP contribution < -0.4 is 32.4 Å². The predicted octanol–water partition coefficient (Wildman–Crippen LogP) is 4.41. The second kappa shape index (κ2) is 21.6. The second-order valence-corrected chi connectivity index (χ2v) is 19.8. The van der Waals surface area contributed by atoms with Crippen molar-refractivity contribution in [2.75, 3.05) is 31.0 Å². The summed E-state index contributed by atoms with van der Waals surface area (Å²) >= 11 is 1.12. The van der Waals surface area contributed by atoms with Gasteiger partial charge in [0.2, 0.25) is 17.7 Å². The SMILES string of the molecule is COP(=O)(OCCSC1CC(=O)N(c2ccc(CCCC(=O)NNC(=O)c3ccc(C(=O)O)c(-c4c5ccc(=O)cc-5oc5cc(O)ccc45)c3)cc2)C1=O)OC[C@H]1O[C@@H](n2cc(C)c(=O)[nH]c2=O)C[C@H]1O. The van der Waals surface area contributed by atoms with Gasteiger partial charge in [0.25, 0.3) is 11.5 Å². The third-order valence-electron chi connectivity index (χ3n) is 11.9. The van der Waals surface area contributed by atoms with Crippen LogP contribution in [0.1, 0.15) is 63.8 Å². The maximum atomic E-state index is 13.3. The number of aryl methyl sites for hydroxylation is 2. The number of aromatic hydroxyl groups is 1. The molecule has 4 aromatic rings. The molecule has 2 unspecified atom stereocenters. The Morgan fingerprint density at radius 1 is 0.944 bits per heavy atom. The smallest absolute Gasteiger partial charge is 0.474 e. The minimum absolute atomic E-state index is 0.00413. The molecule has 1 aliphatic carbocycles. The molecule has 2 fully saturated rings. The number of hydrogen-bond acceptors (Lipinski definition) is 17. The molecule has 3 aliphatic heterocycles. The van der Waals surface area contributed by atoms with Crippen LogP contribution in [0, 0.1) is 6.92 Å². The number of aromatic amines is 1. The Bertz CT molecular complexity index is 3300. The fourth-order valence-corrected chi connectivity index (χ4v) is 10.3. The largest absolute Gasteiger partial charge is 0.508 e. The van der Waals surface area contributed by atoms with Gasteiger partial charge in [0.15, 0.2) is 5.43 Å². The van der Waals surface area contributed by atoms with Gasteiger partial charge in [-0.25, -0.2) is 19.1 Å². The number of carboxylic acid groups (broad SMARTS) is 1. The van der Waals surface area contributed by atoms with E-state index in [2.05, 4.69) is 15.8 Å². The van der Waals surface area contributed by atoms with Crippen LogP contribution in [-0.4, -0.2) is 98.0 Å². The Hall–Kier alpha value is -7.24. The predicted molar refractivity (Wildman–Crippen MR) is 259 cm³/mol. The van der Waals surface area contributed by atoms with Crippen molar-refractivity contribution in [3.63, 3.8) is 0 Å². The van der Waals surface area contributed by atoms with Crippen LogP contribution >= 0.6 is 19.6 Å². The number of carbonyl (C=O) groups excluding carboxylic acids is 4. The number of aliphatic hydroxyl groups excluding tert-OH is 1. The number of aliphatic hydroxyl groups is 1. The molecular weight excluding hydrogens is 982 g/mol. The Kier molecular flexibility index (Phi) is 15.4. The van der Waals surface area contributed by atoms with Crippen LogP contribution in [-0.2, 0) is 43.7 Å². The van der Waals surface area contributed by atoms with Crippen molar-refractivity contribution >= 4 is 65.8 Å². The summed E-state index contributed by atoms with van der Waals surface area (Å²) in [5, 5.41) is 30.4. The van der Waals surface area contributed by atoms with Gasteiger partial charge in [-0.1, -0.05) is 12.1 Å². The molecule has 6 N–H and O–H groups in total. The van der Waals surface area contributed by atoms with Crippen molar-refractivity contribution in [2.24, 2.45) is 0 Å². The van der Waals surface area contributed by atoms with E-state index < -0.39 is 79.0 Å². The number of carboxylic acids is 1. The molecule has 376 valence electrons. The molecule has 24 heteroatoms. The van der Waals surface area contributed by atoms with Crippen LogP contribution in [0.25, 0.3) is 33.4 Å². The summed E-state index contributed by atoms with van der Waals surface area (Å²) in [7, 11) is -3.06. The average Bonchev–Trinajstić information content (AvgIpc) is 3.87. The number of nitrogens with zero attached hydrogens (tertiary/aromatic N) is 2. The van der Waals surface area contributed by atoms with E-state index in [9.17, 15) is 58.2 Å². The number of anilines is 1. The van der Waals surface area contributed by atoms with Gasteiger partial charge in [0.05, 0.1) is 35.8 Å². The molecule has 0 radical (unpaired) electrons. The number of amides is 4. The van der Waals surface area contributed by atoms with Crippen molar-refractivity contribution in [1.82, 2.24) is 20.4 Å². The van der Waals surface area contributed by atoms with Crippen molar-refractivity contribution in [2.45, 2.75) is 62.7 Å². The zero-order chi connectivity index (χ0) is 51.4. The number of phenols is 1. The molecule has 4 aliphatic rings. The Labute approximate surface area is 411 Å². The zero-order valence-corrected chi connectivity index (χ0v) is 40.1. The highest BCUT2D eigenvalue weighted by atomic mass is 32.2. The zero-order valence-electron chi connectivity index (χ0n) is 38.4. The van der Waals surface area contributed by atoms with Crippen molar-refractivity contribution in [3.8, 4) is 28.2 Å². The van der Waals surface area contributed by atoms with Crippen molar-refractivity contribution in [1.29, 1.82) is 0 Å².